The lowest BCUT2D eigenvalue weighted by Gasteiger charge is -2.26. The molecule has 0 aromatic carbocycles. The first-order valence-electron chi connectivity index (χ1n) is 8.85. The van der Waals surface area contributed by atoms with Crippen molar-refractivity contribution < 1.29 is 19.4 Å². The summed E-state index contributed by atoms with van der Waals surface area (Å²) in [6.07, 6.45) is 4.87. The van der Waals surface area contributed by atoms with Crippen LogP contribution in [0.1, 0.15) is 51.0 Å². The summed E-state index contributed by atoms with van der Waals surface area (Å²) >= 11 is 0. The number of aliphatic carboxylic acids is 1. The molecule has 1 aromatic rings. The molecular weight excluding hydrogens is 318 g/mol. The van der Waals surface area contributed by atoms with Crippen LogP contribution in [-0.4, -0.2) is 27.2 Å². The number of carbonyl (C=O) groups is 2. The number of allylic oxidation sites excluding steroid dienone is 1. The number of aromatic nitrogens is 1. The van der Waals surface area contributed by atoms with Crippen LogP contribution in [0.4, 0.5) is 0 Å². The molecule has 1 fully saturated rings. The Bertz CT molecular complexity index is 720. The lowest BCUT2D eigenvalue weighted by atomic mass is 9.80. The Morgan fingerprint density at radius 2 is 1.84 bits per heavy atom. The van der Waals surface area contributed by atoms with Gasteiger partial charge in [0, 0.05) is 11.4 Å². The van der Waals surface area contributed by atoms with Crippen molar-refractivity contribution in [3.63, 3.8) is 0 Å². The van der Waals surface area contributed by atoms with Crippen LogP contribution >= 0.6 is 0 Å². The van der Waals surface area contributed by atoms with Crippen molar-refractivity contribution in [1.82, 2.24) is 4.57 Å². The Labute approximate surface area is 148 Å². The number of carbonyl (C=O) groups excluding carboxylic acids is 1. The third kappa shape index (κ3) is 3.12. The van der Waals surface area contributed by atoms with Crippen molar-refractivity contribution in [2.45, 2.75) is 59.1 Å². The Hall–Kier alpha value is -2.04. The number of rotatable bonds is 4. The molecule has 1 aromatic heterocycles. The van der Waals surface area contributed by atoms with Gasteiger partial charge in [-0.25, -0.2) is 0 Å². The average molecular weight is 345 g/mol. The fourth-order valence-electron chi connectivity index (χ4n) is 4.14. The summed E-state index contributed by atoms with van der Waals surface area (Å²) in [5, 5.41) is 9.95. The monoisotopic (exact) mass is 345 g/mol. The lowest BCUT2D eigenvalue weighted by molar-refractivity contribution is -0.157. The highest BCUT2D eigenvalue weighted by atomic mass is 16.6. The van der Waals surface area contributed by atoms with Crippen LogP contribution in [0.5, 0.6) is 0 Å². The van der Waals surface area contributed by atoms with E-state index in [1.54, 1.807) is 0 Å². The van der Waals surface area contributed by atoms with Crippen molar-refractivity contribution in [2.75, 3.05) is 0 Å². The van der Waals surface area contributed by atoms with E-state index in [1.165, 1.54) is 0 Å². The summed E-state index contributed by atoms with van der Waals surface area (Å²) in [6.45, 7) is 9.56. The number of ether oxygens (including phenoxy) is 1. The summed E-state index contributed by atoms with van der Waals surface area (Å²) in [5.41, 5.74) is 0.712. The number of hydrogen-bond acceptors (Lipinski definition) is 3. The van der Waals surface area contributed by atoms with Crippen molar-refractivity contribution >= 4 is 11.9 Å². The predicted molar refractivity (Wildman–Crippen MR) is 94.2 cm³/mol. The van der Waals surface area contributed by atoms with Crippen LogP contribution in [0.2, 0.25) is 0 Å². The molecule has 5 heteroatoms. The molecule has 1 saturated carbocycles. The molecular formula is C20H27NO4. The third-order valence-electron chi connectivity index (χ3n) is 5.38. The molecule has 0 radical (unpaired) electrons. The molecule has 5 nitrogen and oxygen atoms in total. The molecule has 25 heavy (non-hydrogen) atoms. The van der Waals surface area contributed by atoms with Gasteiger partial charge >= 0.3 is 11.9 Å². The lowest BCUT2D eigenvalue weighted by Crippen LogP contribution is -2.33. The highest BCUT2D eigenvalue weighted by Gasteiger charge is 2.61. The van der Waals surface area contributed by atoms with Crippen molar-refractivity contribution in [2.24, 2.45) is 17.3 Å². The number of aryl methyl sites for hydroxylation is 2. The predicted octanol–water partition coefficient (Wildman–Crippen LogP) is 3.65. The van der Waals surface area contributed by atoms with E-state index in [0.717, 1.165) is 11.4 Å². The van der Waals surface area contributed by atoms with E-state index >= 15 is 0 Å². The highest BCUT2D eigenvalue weighted by molar-refractivity contribution is 5.83. The van der Waals surface area contributed by atoms with Gasteiger partial charge in [-0.05, 0) is 65.5 Å². The molecule has 0 spiro atoms. The zero-order valence-corrected chi connectivity index (χ0v) is 15.6. The number of nitrogens with zero attached hydrogens (tertiary/aromatic N) is 1. The normalized spacial score (nSPS) is 31.2. The second kappa shape index (κ2) is 5.75. The van der Waals surface area contributed by atoms with E-state index in [2.05, 4.69) is 4.57 Å². The zero-order chi connectivity index (χ0) is 18.6. The summed E-state index contributed by atoms with van der Waals surface area (Å²) in [7, 11) is 0. The van der Waals surface area contributed by atoms with Crippen LogP contribution in [0.15, 0.2) is 24.3 Å². The van der Waals surface area contributed by atoms with Gasteiger partial charge in [-0.3, -0.25) is 9.59 Å². The molecule has 2 unspecified atom stereocenters. The van der Waals surface area contributed by atoms with Crippen molar-refractivity contribution in [1.29, 1.82) is 0 Å². The third-order valence-corrected chi connectivity index (χ3v) is 5.38. The van der Waals surface area contributed by atoms with Crippen molar-refractivity contribution in [3.8, 4) is 0 Å². The molecule has 4 atom stereocenters. The first-order valence-corrected chi connectivity index (χ1v) is 8.85. The molecule has 0 saturated heterocycles. The van der Waals surface area contributed by atoms with Crippen molar-refractivity contribution in [3.05, 3.63) is 35.7 Å². The number of carboxylic acids is 1. The molecule has 1 N–H and O–H groups in total. The van der Waals surface area contributed by atoms with E-state index in [9.17, 15) is 14.7 Å². The Morgan fingerprint density at radius 1 is 1.24 bits per heavy atom. The van der Waals surface area contributed by atoms with Gasteiger partial charge in [0.2, 0.25) is 0 Å². The fourth-order valence-corrected chi connectivity index (χ4v) is 4.14. The van der Waals surface area contributed by atoms with Gasteiger partial charge in [-0.1, -0.05) is 12.2 Å². The van der Waals surface area contributed by atoms with E-state index in [4.69, 9.17) is 4.74 Å². The highest BCUT2D eigenvalue weighted by Crippen LogP contribution is 2.58. The SMILES string of the molecule is Cc1ccc(C)n1[C@@H]1C=C[C@@](C(=O)O)(C2CC2C(=O)OC(C)(C)C)C1. The molecule has 1 heterocycles. The van der Waals surface area contributed by atoms with Gasteiger partial charge in [0.05, 0.1) is 17.4 Å². The first kappa shape index (κ1) is 17.8. The van der Waals surface area contributed by atoms with E-state index in [-0.39, 0.29) is 23.8 Å². The minimum absolute atomic E-state index is 0.0194. The maximum Gasteiger partial charge on any atom is 0.313 e. The second-order valence-corrected chi connectivity index (χ2v) is 8.44. The van der Waals surface area contributed by atoms with Gasteiger partial charge in [-0.2, -0.15) is 0 Å². The summed E-state index contributed by atoms with van der Waals surface area (Å²) in [4.78, 5) is 24.5. The number of hydrogen-bond donors (Lipinski definition) is 1. The Balaban J connectivity index is 1.79. The summed E-state index contributed by atoms with van der Waals surface area (Å²) < 4.78 is 7.63. The van der Waals surface area contributed by atoms with Crippen LogP contribution in [0.25, 0.3) is 0 Å². The maximum absolute atomic E-state index is 12.3. The largest absolute Gasteiger partial charge is 0.481 e. The zero-order valence-electron chi connectivity index (χ0n) is 15.6. The number of esters is 1. The molecule has 0 aliphatic heterocycles. The smallest absolute Gasteiger partial charge is 0.313 e. The van der Waals surface area contributed by atoms with E-state index in [0.29, 0.717) is 12.8 Å². The summed E-state index contributed by atoms with van der Waals surface area (Å²) in [6, 6.07) is 4.11. The van der Waals surface area contributed by atoms with Gasteiger partial charge in [-0.15, -0.1) is 0 Å². The molecule has 2 aliphatic carbocycles. The molecule has 0 bridgehead atoms. The van der Waals surface area contributed by atoms with E-state index < -0.39 is 17.0 Å². The molecule has 2 aliphatic rings. The minimum atomic E-state index is -0.977. The Morgan fingerprint density at radius 3 is 2.36 bits per heavy atom. The van der Waals surface area contributed by atoms with Gasteiger partial charge in [0.15, 0.2) is 0 Å². The molecule has 3 rings (SSSR count). The van der Waals surface area contributed by atoms with Gasteiger partial charge < -0.3 is 14.4 Å². The number of carboxylic acid groups (broad SMARTS) is 1. The first-order chi connectivity index (χ1) is 11.5. The minimum Gasteiger partial charge on any atom is -0.481 e. The molecule has 0 amide bonds. The summed E-state index contributed by atoms with van der Waals surface area (Å²) in [5.74, 6) is -1.61. The van der Waals surface area contributed by atoms with Crippen LogP contribution in [-0.2, 0) is 14.3 Å². The second-order valence-electron chi connectivity index (χ2n) is 8.44. The van der Waals surface area contributed by atoms with Gasteiger partial charge in [0.1, 0.15) is 5.60 Å². The fraction of sp³-hybridized carbons (Fsp3) is 0.600. The van der Waals surface area contributed by atoms with Crippen LogP contribution in [0.3, 0.4) is 0 Å². The van der Waals surface area contributed by atoms with Crippen LogP contribution in [0, 0.1) is 31.1 Å². The average Bonchev–Trinajstić information content (AvgIpc) is 3.07. The Kier molecular flexibility index (Phi) is 4.09. The quantitative estimate of drug-likeness (QED) is 0.668. The topological polar surface area (TPSA) is 68.5 Å². The van der Waals surface area contributed by atoms with E-state index in [1.807, 2.05) is 58.9 Å². The van der Waals surface area contributed by atoms with Gasteiger partial charge in [0.25, 0.3) is 0 Å². The molecule has 136 valence electrons. The van der Waals surface area contributed by atoms with Crippen LogP contribution < -0.4 is 0 Å². The maximum atomic E-state index is 12.3. The standard InChI is InChI=1S/C20H27NO4/c1-12-6-7-13(2)21(12)14-8-9-20(11-14,18(23)24)16-10-15(16)17(22)25-19(3,4)5/h6-9,14-16H,10-11H2,1-5H3,(H,23,24)/t14-,15?,16?,20+/m1/s1.